The van der Waals surface area contributed by atoms with Gasteiger partial charge in [0, 0.05) is 17.4 Å². The minimum absolute atomic E-state index is 0.277. The second-order valence-electron chi connectivity index (χ2n) is 4.59. The van der Waals surface area contributed by atoms with Crippen LogP contribution in [0.15, 0.2) is 22.7 Å². The van der Waals surface area contributed by atoms with Gasteiger partial charge in [0.15, 0.2) is 0 Å². The first-order chi connectivity index (χ1) is 7.94. The first-order valence-corrected chi connectivity index (χ1v) is 6.61. The molecule has 2 N–H and O–H groups in total. The predicted molar refractivity (Wildman–Crippen MR) is 71.6 cm³/mol. The van der Waals surface area contributed by atoms with Crippen LogP contribution in [0, 0.1) is 5.82 Å². The zero-order chi connectivity index (χ0) is 12.9. The highest BCUT2D eigenvalue weighted by molar-refractivity contribution is 9.10. The summed E-state index contributed by atoms with van der Waals surface area (Å²) in [7, 11) is 0. The Bertz CT molecular complexity index is 368. The Morgan fingerprint density at radius 1 is 1.47 bits per heavy atom. The van der Waals surface area contributed by atoms with Gasteiger partial charge in [0.05, 0.1) is 5.60 Å². The van der Waals surface area contributed by atoms with Gasteiger partial charge < -0.3 is 10.4 Å². The molecule has 0 saturated heterocycles. The van der Waals surface area contributed by atoms with Gasteiger partial charge >= 0.3 is 0 Å². The van der Waals surface area contributed by atoms with Gasteiger partial charge in [0.2, 0.25) is 0 Å². The Balaban J connectivity index is 2.65. The highest BCUT2D eigenvalue weighted by atomic mass is 79.9. The summed E-state index contributed by atoms with van der Waals surface area (Å²) in [6, 6.07) is 4.52. The number of halogens is 2. The fraction of sp³-hybridized carbons (Fsp3) is 0.538. The Kier molecular flexibility index (Phi) is 5.56. The quantitative estimate of drug-likeness (QED) is 0.792. The van der Waals surface area contributed by atoms with E-state index in [0.29, 0.717) is 13.0 Å². The molecular weight excluding hydrogens is 285 g/mol. The van der Waals surface area contributed by atoms with Crippen molar-refractivity contribution in [2.45, 2.75) is 32.3 Å². The van der Waals surface area contributed by atoms with E-state index in [1.807, 2.05) is 0 Å². The minimum Gasteiger partial charge on any atom is -0.389 e. The van der Waals surface area contributed by atoms with Crippen LogP contribution in [0.2, 0.25) is 0 Å². The molecule has 0 spiro atoms. The standard InChI is InChI=1S/C13H19BrFNO/c1-3-6-16-9-13(2,17)8-10-7-11(15)4-5-12(10)14/h4-5,7,16-17H,3,6,8-9H2,1-2H3. The average molecular weight is 304 g/mol. The van der Waals surface area contributed by atoms with Gasteiger partial charge in [-0.3, -0.25) is 0 Å². The molecule has 0 amide bonds. The second kappa shape index (κ2) is 6.47. The number of benzene rings is 1. The van der Waals surface area contributed by atoms with Crippen LogP contribution in [-0.2, 0) is 6.42 Å². The van der Waals surface area contributed by atoms with Gasteiger partial charge in [-0.05, 0) is 43.7 Å². The summed E-state index contributed by atoms with van der Waals surface area (Å²) in [5.41, 5.74) is -0.0841. The van der Waals surface area contributed by atoms with E-state index in [0.717, 1.165) is 23.0 Å². The maximum atomic E-state index is 13.1. The van der Waals surface area contributed by atoms with Gasteiger partial charge in [0.25, 0.3) is 0 Å². The zero-order valence-corrected chi connectivity index (χ0v) is 11.8. The number of nitrogens with one attached hydrogen (secondary N) is 1. The Hall–Kier alpha value is -0.450. The van der Waals surface area contributed by atoms with Crippen LogP contribution in [0.5, 0.6) is 0 Å². The summed E-state index contributed by atoms with van der Waals surface area (Å²) in [6.07, 6.45) is 1.45. The SMILES string of the molecule is CCCNCC(C)(O)Cc1cc(F)ccc1Br. The summed E-state index contributed by atoms with van der Waals surface area (Å²) in [5, 5.41) is 13.4. The molecule has 0 radical (unpaired) electrons. The van der Waals surface area contributed by atoms with E-state index in [1.54, 1.807) is 13.0 Å². The maximum Gasteiger partial charge on any atom is 0.123 e. The van der Waals surface area contributed by atoms with E-state index in [9.17, 15) is 9.50 Å². The van der Waals surface area contributed by atoms with Crippen molar-refractivity contribution in [2.75, 3.05) is 13.1 Å². The largest absolute Gasteiger partial charge is 0.389 e. The molecule has 1 atom stereocenters. The van der Waals surface area contributed by atoms with Crippen molar-refractivity contribution in [1.82, 2.24) is 5.32 Å². The van der Waals surface area contributed by atoms with E-state index in [-0.39, 0.29) is 5.82 Å². The van der Waals surface area contributed by atoms with Crippen molar-refractivity contribution < 1.29 is 9.50 Å². The number of aliphatic hydroxyl groups is 1. The third kappa shape index (κ3) is 5.15. The molecule has 0 saturated carbocycles. The third-order valence-corrected chi connectivity index (χ3v) is 3.29. The lowest BCUT2D eigenvalue weighted by Gasteiger charge is -2.24. The van der Waals surface area contributed by atoms with Crippen molar-refractivity contribution in [2.24, 2.45) is 0 Å². The molecule has 1 aromatic carbocycles. The molecular formula is C13H19BrFNO. The highest BCUT2D eigenvalue weighted by Crippen LogP contribution is 2.22. The highest BCUT2D eigenvalue weighted by Gasteiger charge is 2.21. The second-order valence-corrected chi connectivity index (χ2v) is 5.44. The van der Waals surface area contributed by atoms with Crippen LogP contribution in [-0.4, -0.2) is 23.8 Å². The lowest BCUT2D eigenvalue weighted by atomic mass is 9.96. The molecule has 1 rings (SSSR count). The van der Waals surface area contributed by atoms with Gasteiger partial charge in [0.1, 0.15) is 5.82 Å². The average Bonchev–Trinajstić information content (AvgIpc) is 2.23. The van der Waals surface area contributed by atoms with Crippen LogP contribution >= 0.6 is 15.9 Å². The fourth-order valence-corrected chi connectivity index (χ4v) is 2.07. The van der Waals surface area contributed by atoms with E-state index in [1.165, 1.54) is 12.1 Å². The molecule has 0 aliphatic carbocycles. The summed E-state index contributed by atoms with van der Waals surface area (Å²) in [6.45, 7) is 5.21. The minimum atomic E-state index is -0.870. The summed E-state index contributed by atoms with van der Waals surface area (Å²) in [4.78, 5) is 0. The normalized spacial score (nSPS) is 14.6. The number of hydrogen-bond acceptors (Lipinski definition) is 2. The van der Waals surface area contributed by atoms with Gasteiger partial charge in [-0.15, -0.1) is 0 Å². The molecule has 1 aromatic rings. The number of rotatable bonds is 6. The van der Waals surface area contributed by atoms with Crippen molar-refractivity contribution in [1.29, 1.82) is 0 Å². The first-order valence-electron chi connectivity index (χ1n) is 5.81. The molecule has 0 aliphatic heterocycles. The molecule has 4 heteroatoms. The van der Waals surface area contributed by atoms with E-state index >= 15 is 0 Å². The third-order valence-electron chi connectivity index (χ3n) is 2.51. The smallest absolute Gasteiger partial charge is 0.123 e. The van der Waals surface area contributed by atoms with Crippen LogP contribution in [0.1, 0.15) is 25.8 Å². The fourth-order valence-electron chi connectivity index (χ4n) is 1.69. The van der Waals surface area contributed by atoms with Crippen molar-refractivity contribution in [3.05, 3.63) is 34.1 Å². The summed E-state index contributed by atoms with van der Waals surface area (Å²) in [5.74, 6) is -0.277. The summed E-state index contributed by atoms with van der Waals surface area (Å²) < 4.78 is 13.9. The lowest BCUT2D eigenvalue weighted by Crippen LogP contribution is -2.40. The van der Waals surface area contributed by atoms with Gasteiger partial charge in [-0.25, -0.2) is 4.39 Å². The van der Waals surface area contributed by atoms with E-state index in [4.69, 9.17) is 0 Å². The summed E-state index contributed by atoms with van der Waals surface area (Å²) >= 11 is 3.37. The van der Waals surface area contributed by atoms with Crippen molar-refractivity contribution >= 4 is 15.9 Å². The van der Waals surface area contributed by atoms with Crippen LogP contribution < -0.4 is 5.32 Å². The Labute approximate surface area is 110 Å². The van der Waals surface area contributed by atoms with E-state index < -0.39 is 5.60 Å². The monoisotopic (exact) mass is 303 g/mol. The Morgan fingerprint density at radius 3 is 2.82 bits per heavy atom. The lowest BCUT2D eigenvalue weighted by molar-refractivity contribution is 0.0601. The maximum absolute atomic E-state index is 13.1. The zero-order valence-electron chi connectivity index (χ0n) is 10.3. The molecule has 17 heavy (non-hydrogen) atoms. The molecule has 0 heterocycles. The molecule has 0 bridgehead atoms. The molecule has 1 unspecified atom stereocenters. The number of hydrogen-bond donors (Lipinski definition) is 2. The molecule has 0 aromatic heterocycles. The van der Waals surface area contributed by atoms with Crippen LogP contribution in [0.3, 0.4) is 0 Å². The van der Waals surface area contributed by atoms with Crippen molar-refractivity contribution in [3.8, 4) is 0 Å². The molecule has 0 fully saturated rings. The van der Waals surface area contributed by atoms with Crippen molar-refractivity contribution in [3.63, 3.8) is 0 Å². The first kappa shape index (κ1) is 14.6. The van der Waals surface area contributed by atoms with E-state index in [2.05, 4.69) is 28.2 Å². The van der Waals surface area contributed by atoms with Gasteiger partial charge in [-0.2, -0.15) is 0 Å². The molecule has 96 valence electrons. The van der Waals surface area contributed by atoms with Crippen LogP contribution in [0.25, 0.3) is 0 Å². The molecule has 0 aliphatic rings. The topological polar surface area (TPSA) is 32.3 Å². The molecule has 2 nitrogen and oxygen atoms in total. The van der Waals surface area contributed by atoms with Gasteiger partial charge in [-0.1, -0.05) is 22.9 Å². The Morgan fingerprint density at radius 2 is 2.18 bits per heavy atom. The van der Waals surface area contributed by atoms with Crippen LogP contribution in [0.4, 0.5) is 4.39 Å². The predicted octanol–water partition coefficient (Wildman–Crippen LogP) is 2.88.